The molecular weight excluding hydrogens is 394 g/mol. The first-order valence-electron chi connectivity index (χ1n) is 9.33. The molecule has 1 fully saturated rings. The summed E-state index contributed by atoms with van der Waals surface area (Å²) in [5.74, 6) is -0.0584. The van der Waals surface area contributed by atoms with Crippen molar-refractivity contribution >= 4 is 39.1 Å². The minimum Gasteiger partial charge on any atom is -0.447 e. The highest BCUT2D eigenvalue weighted by Crippen LogP contribution is 2.30. The van der Waals surface area contributed by atoms with E-state index in [1.54, 1.807) is 41.3 Å². The summed E-state index contributed by atoms with van der Waals surface area (Å²) < 4.78 is 33.3. The van der Waals surface area contributed by atoms with Gasteiger partial charge in [0.15, 0.2) is 0 Å². The molecular formula is C20H21N3O5S. The predicted octanol–water partition coefficient (Wildman–Crippen LogP) is 2.74. The number of nitrogens with one attached hydrogen (secondary N) is 1. The second-order valence-corrected chi connectivity index (χ2v) is 8.67. The van der Waals surface area contributed by atoms with Gasteiger partial charge >= 0.3 is 6.09 Å². The molecule has 2 heterocycles. The van der Waals surface area contributed by atoms with Gasteiger partial charge in [-0.3, -0.25) is 14.4 Å². The Morgan fingerprint density at radius 1 is 1.14 bits per heavy atom. The van der Waals surface area contributed by atoms with Crippen molar-refractivity contribution in [2.24, 2.45) is 0 Å². The van der Waals surface area contributed by atoms with Gasteiger partial charge in [0.25, 0.3) is 10.0 Å². The van der Waals surface area contributed by atoms with Crippen LogP contribution in [0.25, 0.3) is 0 Å². The Morgan fingerprint density at radius 2 is 1.97 bits per heavy atom. The van der Waals surface area contributed by atoms with E-state index in [1.807, 2.05) is 0 Å². The third kappa shape index (κ3) is 3.77. The molecule has 2 aliphatic heterocycles. The second-order valence-electron chi connectivity index (χ2n) is 6.99. The quantitative estimate of drug-likeness (QED) is 0.828. The Labute approximate surface area is 169 Å². The lowest BCUT2D eigenvalue weighted by atomic mass is 10.0. The van der Waals surface area contributed by atoms with E-state index in [9.17, 15) is 18.0 Å². The third-order valence-electron chi connectivity index (χ3n) is 5.03. The van der Waals surface area contributed by atoms with E-state index in [2.05, 4.69) is 4.72 Å². The molecule has 29 heavy (non-hydrogen) atoms. The zero-order valence-corrected chi connectivity index (χ0v) is 16.7. The largest absolute Gasteiger partial charge is 0.447 e. The summed E-state index contributed by atoms with van der Waals surface area (Å²) in [6, 6.07) is 11.4. The number of hydrogen-bond donors (Lipinski definition) is 1. The number of carbonyl (C=O) groups excluding carboxylic acids is 2. The summed E-state index contributed by atoms with van der Waals surface area (Å²) in [5, 5.41) is 0. The van der Waals surface area contributed by atoms with Gasteiger partial charge in [-0.1, -0.05) is 6.07 Å². The first-order chi connectivity index (χ1) is 13.8. The minimum absolute atomic E-state index is 0.0584. The van der Waals surface area contributed by atoms with Crippen molar-refractivity contribution in [2.45, 2.75) is 24.7 Å². The standard InChI is InChI=1S/C20H21N3O5S/c1-14(24)22-9-3-4-15-12-18(7-8-19(15)22)29(26,27)21-16-5-2-6-17(13-16)23-10-11-28-20(23)25/h2,5-8,12-13,21H,3-4,9-11H2,1H3. The van der Waals surface area contributed by atoms with Gasteiger partial charge in [-0.25, -0.2) is 13.2 Å². The van der Waals surface area contributed by atoms with Crippen LogP contribution in [0.3, 0.4) is 0 Å². The fraction of sp³-hybridized carbons (Fsp3) is 0.300. The van der Waals surface area contributed by atoms with Crippen molar-refractivity contribution in [2.75, 3.05) is 34.2 Å². The molecule has 152 valence electrons. The van der Waals surface area contributed by atoms with Crippen molar-refractivity contribution in [3.63, 3.8) is 0 Å². The maximum Gasteiger partial charge on any atom is 0.414 e. The van der Waals surface area contributed by atoms with Crippen LogP contribution in [-0.2, 0) is 26.0 Å². The normalized spacial score (nSPS) is 16.4. The summed E-state index contributed by atoms with van der Waals surface area (Å²) in [5.41, 5.74) is 2.51. The SMILES string of the molecule is CC(=O)N1CCCc2cc(S(=O)(=O)Nc3cccc(N4CCOC4=O)c3)ccc21. The summed E-state index contributed by atoms with van der Waals surface area (Å²) in [7, 11) is -3.83. The van der Waals surface area contributed by atoms with Crippen LogP contribution in [-0.4, -0.2) is 40.1 Å². The number of cyclic esters (lactones) is 1. The summed E-state index contributed by atoms with van der Waals surface area (Å²) in [6.45, 7) is 2.87. The molecule has 0 unspecified atom stereocenters. The van der Waals surface area contributed by atoms with Crippen LogP contribution in [0, 0.1) is 0 Å². The minimum atomic E-state index is -3.83. The van der Waals surface area contributed by atoms with E-state index in [-0.39, 0.29) is 10.8 Å². The number of benzene rings is 2. The maximum absolute atomic E-state index is 12.9. The molecule has 2 aliphatic rings. The fourth-order valence-electron chi connectivity index (χ4n) is 3.65. The van der Waals surface area contributed by atoms with E-state index in [4.69, 9.17) is 4.74 Å². The van der Waals surface area contributed by atoms with Crippen molar-refractivity contribution in [1.29, 1.82) is 0 Å². The van der Waals surface area contributed by atoms with E-state index < -0.39 is 16.1 Å². The lowest BCUT2D eigenvalue weighted by Gasteiger charge is -2.28. The molecule has 2 amide bonds. The number of sulfonamides is 1. The molecule has 9 heteroatoms. The predicted molar refractivity (Wildman–Crippen MR) is 109 cm³/mol. The highest BCUT2D eigenvalue weighted by Gasteiger charge is 2.25. The van der Waals surface area contributed by atoms with Crippen LogP contribution in [0.15, 0.2) is 47.4 Å². The van der Waals surface area contributed by atoms with Crippen molar-refractivity contribution in [1.82, 2.24) is 0 Å². The summed E-state index contributed by atoms with van der Waals surface area (Å²) in [6.07, 6.45) is 1.06. The van der Waals surface area contributed by atoms with Crippen molar-refractivity contribution < 1.29 is 22.7 Å². The van der Waals surface area contributed by atoms with Crippen LogP contribution in [0.5, 0.6) is 0 Å². The van der Waals surface area contributed by atoms with Gasteiger partial charge in [0.05, 0.1) is 17.1 Å². The summed E-state index contributed by atoms with van der Waals surface area (Å²) >= 11 is 0. The molecule has 0 aliphatic carbocycles. The van der Waals surface area contributed by atoms with Gasteiger partial charge in [-0.15, -0.1) is 0 Å². The van der Waals surface area contributed by atoms with Gasteiger partial charge in [0.1, 0.15) is 6.61 Å². The number of nitrogens with zero attached hydrogens (tertiary/aromatic N) is 2. The Kier molecular flexibility index (Phi) is 4.91. The van der Waals surface area contributed by atoms with Gasteiger partial charge in [-0.05, 0) is 54.8 Å². The molecule has 1 N–H and O–H groups in total. The molecule has 0 radical (unpaired) electrons. The van der Waals surface area contributed by atoms with Crippen LogP contribution in [0.4, 0.5) is 21.9 Å². The Hall–Kier alpha value is -3.07. The fourth-order valence-corrected chi connectivity index (χ4v) is 4.75. The van der Waals surface area contributed by atoms with E-state index in [0.29, 0.717) is 31.1 Å². The first-order valence-corrected chi connectivity index (χ1v) is 10.8. The third-order valence-corrected chi connectivity index (χ3v) is 6.41. The zero-order chi connectivity index (χ0) is 20.6. The Morgan fingerprint density at radius 3 is 2.69 bits per heavy atom. The van der Waals surface area contributed by atoms with Crippen LogP contribution in [0.1, 0.15) is 18.9 Å². The molecule has 2 aromatic carbocycles. The van der Waals surface area contributed by atoms with Gasteiger partial charge in [0.2, 0.25) is 5.91 Å². The molecule has 2 aromatic rings. The number of ether oxygens (including phenoxy) is 1. The molecule has 0 aromatic heterocycles. The number of carbonyl (C=O) groups is 2. The molecule has 0 bridgehead atoms. The molecule has 0 atom stereocenters. The Bertz CT molecular complexity index is 1080. The Balaban J connectivity index is 1.60. The van der Waals surface area contributed by atoms with Crippen molar-refractivity contribution in [3.8, 4) is 0 Å². The summed E-state index contributed by atoms with van der Waals surface area (Å²) in [4.78, 5) is 26.8. The molecule has 1 saturated heterocycles. The molecule has 8 nitrogen and oxygen atoms in total. The number of anilines is 3. The van der Waals surface area contributed by atoms with Crippen molar-refractivity contribution in [3.05, 3.63) is 48.0 Å². The average molecular weight is 415 g/mol. The van der Waals surface area contributed by atoms with Gasteiger partial charge < -0.3 is 9.64 Å². The number of fused-ring (bicyclic) bond motifs is 1. The van der Waals surface area contributed by atoms with Crippen LogP contribution < -0.4 is 14.5 Å². The average Bonchev–Trinajstić information content (AvgIpc) is 3.12. The van der Waals surface area contributed by atoms with E-state index in [1.165, 1.54) is 17.9 Å². The number of rotatable bonds is 4. The highest BCUT2D eigenvalue weighted by molar-refractivity contribution is 7.92. The smallest absolute Gasteiger partial charge is 0.414 e. The molecule has 0 saturated carbocycles. The van der Waals surface area contributed by atoms with Crippen LogP contribution >= 0.6 is 0 Å². The zero-order valence-electron chi connectivity index (χ0n) is 15.9. The number of amides is 2. The lowest BCUT2D eigenvalue weighted by molar-refractivity contribution is -0.116. The van der Waals surface area contributed by atoms with E-state index in [0.717, 1.165) is 24.1 Å². The molecule has 4 rings (SSSR count). The number of hydrogen-bond acceptors (Lipinski definition) is 5. The second kappa shape index (κ2) is 7.40. The first kappa shape index (κ1) is 19.3. The maximum atomic E-state index is 12.9. The highest BCUT2D eigenvalue weighted by atomic mass is 32.2. The monoisotopic (exact) mass is 415 g/mol. The van der Waals surface area contributed by atoms with Crippen LogP contribution in [0.2, 0.25) is 0 Å². The number of aryl methyl sites for hydroxylation is 1. The van der Waals surface area contributed by atoms with Gasteiger partial charge in [-0.2, -0.15) is 0 Å². The van der Waals surface area contributed by atoms with Gasteiger partial charge in [0, 0.05) is 24.8 Å². The topological polar surface area (TPSA) is 96.0 Å². The lowest BCUT2D eigenvalue weighted by Crippen LogP contribution is -2.33. The molecule has 0 spiro atoms. The van der Waals surface area contributed by atoms with E-state index >= 15 is 0 Å².